The molecule has 0 aliphatic carbocycles. The Labute approximate surface area is 226 Å². The zero-order valence-electron chi connectivity index (χ0n) is 21.8. The summed E-state index contributed by atoms with van der Waals surface area (Å²) >= 11 is 0. The van der Waals surface area contributed by atoms with Crippen molar-refractivity contribution < 1.29 is 24.3 Å². The van der Waals surface area contributed by atoms with Gasteiger partial charge in [-0.3, -0.25) is 24.2 Å². The summed E-state index contributed by atoms with van der Waals surface area (Å²) in [5.74, 6) is -3.15. The van der Waals surface area contributed by atoms with Gasteiger partial charge in [0.05, 0.1) is 6.04 Å². The van der Waals surface area contributed by atoms with Gasteiger partial charge in [0, 0.05) is 23.6 Å². The van der Waals surface area contributed by atoms with E-state index in [0.29, 0.717) is 25.8 Å². The van der Waals surface area contributed by atoms with Crippen molar-refractivity contribution in [1.82, 2.24) is 20.9 Å². The van der Waals surface area contributed by atoms with Gasteiger partial charge in [0.15, 0.2) is 5.96 Å². The summed E-state index contributed by atoms with van der Waals surface area (Å²) in [7, 11) is 0. The van der Waals surface area contributed by atoms with Gasteiger partial charge in [-0.15, -0.1) is 0 Å². The van der Waals surface area contributed by atoms with Gasteiger partial charge in [-0.25, -0.2) is 0 Å². The van der Waals surface area contributed by atoms with Crippen molar-refractivity contribution in [1.29, 1.82) is 0 Å². The zero-order valence-corrected chi connectivity index (χ0v) is 21.8. The summed E-state index contributed by atoms with van der Waals surface area (Å²) < 4.78 is 0. The average Bonchev–Trinajstić information content (AvgIpc) is 3.30. The van der Waals surface area contributed by atoms with Crippen LogP contribution in [0.1, 0.15) is 37.7 Å². The van der Waals surface area contributed by atoms with Crippen molar-refractivity contribution >= 4 is 40.6 Å². The number of rotatable bonds is 17. The van der Waals surface area contributed by atoms with Crippen LogP contribution < -0.4 is 38.9 Å². The molecule has 0 aliphatic heterocycles. The highest BCUT2D eigenvalue weighted by Crippen LogP contribution is 2.19. The number of aliphatic carboxylic acids is 1. The Bertz CT molecular complexity index is 1150. The third-order valence-electron chi connectivity index (χ3n) is 6.02. The Morgan fingerprint density at radius 2 is 1.62 bits per heavy atom. The Balaban J connectivity index is 2.09. The van der Waals surface area contributed by atoms with Gasteiger partial charge in [0.1, 0.15) is 18.6 Å². The van der Waals surface area contributed by atoms with Crippen molar-refractivity contribution in [3.63, 3.8) is 0 Å². The summed E-state index contributed by atoms with van der Waals surface area (Å²) in [4.78, 5) is 56.7. The predicted molar refractivity (Wildman–Crippen MR) is 147 cm³/mol. The molecule has 0 aliphatic rings. The molecule has 0 spiro atoms. The summed E-state index contributed by atoms with van der Waals surface area (Å²) in [6.45, 7) is 0.00605. The maximum absolute atomic E-state index is 13.2. The van der Waals surface area contributed by atoms with Gasteiger partial charge in [-0.1, -0.05) is 18.2 Å². The minimum absolute atomic E-state index is 0.113. The number of nitrogens with two attached hydrogens (primary N) is 4. The third kappa shape index (κ3) is 10.6. The monoisotopic (exact) mass is 545 g/mol. The van der Waals surface area contributed by atoms with E-state index in [4.69, 9.17) is 28.0 Å². The lowest BCUT2D eigenvalue weighted by atomic mass is 10.0. The number of H-pyrrole nitrogens is 1. The second kappa shape index (κ2) is 15.9. The van der Waals surface area contributed by atoms with E-state index < -0.39 is 48.4 Å². The first-order valence-corrected chi connectivity index (χ1v) is 12.8. The highest BCUT2D eigenvalue weighted by molar-refractivity contribution is 5.94. The number of hydrogen-bond acceptors (Lipinski definition) is 7. The molecule has 13 N–H and O–H groups in total. The largest absolute Gasteiger partial charge is 0.480 e. The zero-order chi connectivity index (χ0) is 28.8. The molecule has 0 bridgehead atoms. The summed E-state index contributed by atoms with van der Waals surface area (Å²) in [5, 5.41) is 17.4. The van der Waals surface area contributed by atoms with Crippen LogP contribution in [0.2, 0.25) is 0 Å². The number of para-hydroxylation sites is 1. The molecular weight excluding hydrogens is 506 g/mol. The molecule has 0 saturated heterocycles. The number of fused-ring (bicyclic) bond motifs is 1. The quantitative estimate of drug-likeness (QED) is 0.0628. The van der Waals surface area contributed by atoms with E-state index in [9.17, 15) is 19.2 Å². The molecule has 14 heteroatoms. The van der Waals surface area contributed by atoms with E-state index in [-0.39, 0.29) is 31.8 Å². The number of amides is 3. The standard InChI is InChI=1S/C25H39N9O5/c26-10-4-3-8-20(33-22(37)17(27)12-15-13-31-18-7-2-1-6-16(15)18)24(39)34-19(9-5-11-30-25(28)29)23(38)32-14-21(35)36/h1-2,6-7,13,17,19-20,31H,3-5,8-12,14,26-27H2,(H,32,38)(H,33,37)(H,34,39)(H,35,36)(H4,28,29,30). The van der Waals surface area contributed by atoms with Crippen LogP contribution in [0.5, 0.6) is 0 Å². The average molecular weight is 546 g/mol. The Morgan fingerprint density at radius 1 is 0.949 bits per heavy atom. The molecule has 14 nitrogen and oxygen atoms in total. The van der Waals surface area contributed by atoms with E-state index in [1.807, 2.05) is 24.3 Å². The van der Waals surface area contributed by atoms with Crippen molar-refractivity contribution in [3.05, 3.63) is 36.0 Å². The van der Waals surface area contributed by atoms with Crippen LogP contribution in [0, 0.1) is 0 Å². The SMILES string of the molecule is NCCCCC(NC(=O)C(N)Cc1c[nH]c2ccccc12)C(=O)NC(CCCN=C(N)N)C(=O)NCC(=O)O. The molecule has 1 aromatic heterocycles. The topological polar surface area (TPSA) is 257 Å². The first-order valence-electron chi connectivity index (χ1n) is 12.8. The van der Waals surface area contributed by atoms with E-state index >= 15 is 0 Å². The molecule has 2 rings (SSSR count). The fourth-order valence-electron chi connectivity index (χ4n) is 4.00. The second-order valence-electron chi connectivity index (χ2n) is 9.14. The molecule has 0 saturated carbocycles. The lowest BCUT2D eigenvalue weighted by molar-refractivity contribution is -0.138. The van der Waals surface area contributed by atoms with Crippen molar-refractivity contribution in [3.8, 4) is 0 Å². The maximum atomic E-state index is 13.2. The second-order valence-corrected chi connectivity index (χ2v) is 9.14. The predicted octanol–water partition coefficient (Wildman–Crippen LogP) is -1.61. The van der Waals surface area contributed by atoms with Crippen LogP contribution in [0.4, 0.5) is 0 Å². The fraction of sp³-hybridized carbons (Fsp3) is 0.480. The molecule has 39 heavy (non-hydrogen) atoms. The van der Waals surface area contributed by atoms with Crippen LogP contribution in [-0.4, -0.2) is 77.5 Å². The van der Waals surface area contributed by atoms with E-state index in [1.165, 1.54) is 0 Å². The normalized spacial score (nSPS) is 13.2. The number of hydrogen-bond donors (Lipinski definition) is 9. The number of aliphatic imine (C=N–C) groups is 1. The van der Waals surface area contributed by atoms with Gasteiger partial charge in [-0.2, -0.15) is 0 Å². The Morgan fingerprint density at radius 3 is 2.31 bits per heavy atom. The van der Waals surface area contributed by atoms with Gasteiger partial charge in [0.2, 0.25) is 17.7 Å². The number of nitrogens with one attached hydrogen (secondary N) is 4. The van der Waals surface area contributed by atoms with E-state index in [1.54, 1.807) is 6.20 Å². The summed E-state index contributed by atoms with van der Waals surface area (Å²) in [6, 6.07) is 4.66. The molecular formula is C25H39N9O5. The van der Waals surface area contributed by atoms with Crippen LogP contribution in [-0.2, 0) is 25.6 Å². The van der Waals surface area contributed by atoms with Crippen LogP contribution in [0.25, 0.3) is 10.9 Å². The van der Waals surface area contributed by atoms with Crippen molar-refractivity contribution in [2.45, 2.75) is 56.7 Å². The number of unbranched alkanes of at least 4 members (excludes halogenated alkanes) is 1. The lowest BCUT2D eigenvalue weighted by Gasteiger charge is -2.24. The number of carbonyl (C=O) groups excluding carboxylic acids is 3. The molecule has 0 radical (unpaired) electrons. The van der Waals surface area contributed by atoms with E-state index in [2.05, 4.69) is 25.9 Å². The van der Waals surface area contributed by atoms with Gasteiger partial charge >= 0.3 is 5.97 Å². The number of benzene rings is 1. The number of nitrogens with zero attached hydrogens (tertiary/aromatic N) is 1. The lowest BCUT2D eigenvalue weighted by Crippen LogP contribution is -2.56. The Hall–Kier alpha value is -4.17. The minimum Gasteiger partial charge on any atom is -0.480 e. The van der Waals surface area contributed by atoms with Gasteiger partial charge in [-0.05, 0) is 56.7 Å². The first-order chi connectivity index (χ1) is 18.6. The maximum Gasteiger partial charge on any atom is 0.322 e. The number of carbonyl (C=O) groups is 4. The number of guanidine groups is 1. The molecule has 214 valence electrons. The molecule has 2 aromatic rings. The first kappa shape index (κ1) is 31.1. The number of aromatic amines is 1. The van der Waals surface area contributed by atoms with Gasteiger partial charge < -0.3 is 49.0 Å². The molecule has 0 fully saturated rings. The Kier molecular flexibility index (Phi) is 12.7. The molecule has 1 aromatic carbocycles. The molecule has 3 unspecified atom stereocenters. The molecule has 1 heterocycles. The number of aromatic nitrogens is 1. The van der Waals surface area contributed by atoms with Crippen LogP contribution in [0.3, 0.4) is 0 Å². The number of carboxylic acids is 1. The van der Waals surface area contributed by atoms with E-state index in [0.717, 1.165) is 16.5 Å². The van der Waals surface area contributed by atoms with Crippen molar-refractivity contribution in [2.24, 2.45) is 27.9 Å². The van der Waals surface area contributed by atoms with Crippen LogP contribution in [0.15, 0.2) is 35.5 Å². The fourth-order valence-corrected chi connectivity index (χ4v) is 4.00. The van der Waals surface area contributed by atoms with Gasteiger partial charge in [0.25, 0.3) is 0 Å². The summed E-state index contributed by atoms with van der Waals surface area (Å²) in [5.41, 5.74) is 24.2. The molecule has 3 atom stereocenters. The number of carboxylic acid groups (broad SMARTS) is 1. The van der Waals surface area contributed by atoms with Crippen LogP contribution >= 0.6 is 0 Å². The summed E-state index contributed by atoms with van der Waals surface area (Å²) in [6.07, 6.45) is 3.96. The smallest absolute Gasteiger partial charge is 0.322 e. The molecule has 3 amide bonds. The highest BCUT2D eigenvalue weighted by Gasteiger charge is 2.28. The highest BCUT2D eigenvalue weighted by atomic mass is 16.4. The van der Waals surface area contributed by atoms with Crippen molar-refractivity contribution in [2.75, 3.05) is 19.6 Å². The minimum atomic E-state index is -1.23. The third-order valence-corrected chi connectivity index (χ3v) is 6.02.